The molecule has 0 amide bonds. The van der Waals surface area contributed by atoms with Gasteiger partial charge in [-0.1, -0.05) is 42.0 Å². The zero-order valence-corrected chi connectivity index (χ0v) is 20.6. The standard InChI is InChI=1S/C24H21BrN4O3S/c1-15-4-10-18(11-5-15)33(31,32)28-13-12-19-22(28)26-14-20-21(27-23(25)29(19)20)16-6-8-17(9-7-16)24(2,3)30/h4-14,30H,1-3H3. The Morgan fingerprint density at radius 1 is 0.970 bits per heavy atom. The molecule has 7 nitrogen and oxygen atoms in total. The number of halogens is 1. The minimum Gasteiger partial charge on any atom is -0.386 e. The van der Waals surface area contributed by atoms with Crippen LogP contribution in [0, 0.1) is 6.92 Å². The highest BCUT2D eigenvalue weighted by atomic mass is 79.9. The van der Waals surface area contributed by atoms with Crippen LogP contribution >= 0.6 is 15.9 Å². The van der Waals surface area contributed by atoms with Crippen LogP contribution in [0.2, 0.25) is 0 Å². The maximum Gasteiger partial charge on any atom is 0.269 e. The maximum absolute atomic E-state index is 13.2. The van der Waals surface area contributed by atoms with Crippen molar-refractivity contribution in [1.82, 2.24) is 18.3 Å². The third kappa shape index (κ3) is 3.56. The van der Waals surface area contributed by atoms with Gasteiger partial charge in [0, 0.05) is 11.8 Å². The fourth-order valence-corrected chi connectivity index (χ4v) is 5.69. The SMILES string of the molecule is Cc1ccc(S(=O)(=O)n2ccc3c2ncc2c(-c4ccc(C(C)(C)O)cc4)nc(Br)n23)cc1. The lowest BCUT2D eigenvalue weighted by molar-refractivity contribution is 0.0786. The summed E-state index contributed by atoms with van der Waals surface area (Å²) in [6, 6.07) is 16.0. The van der Waals surface area contributed by atoms with Crippen molar-refractivity contribution in [2.75, 3.05) is 0 Å². The van der Waals surface area contributed by atoms with Crippen molar-refractivity contribution in [2.24, 2.45) is 0 Å². The fourth-order valence-electron chi connectivity index (χ4n) is 3.84. The van der Waals surface area contributed by atoms with Gasteiger partial charge in [0.15, 0.2) is 10.4 Å². The van der Waals surface area contributed by atoms with Crippen LogP contribution in [0.3, 0.4) is 0 Å². The number of nitrogens with zero attached hydrogens (tertiary/aromatic N) is 4. The zero-order valence-electron chi connectivity index (χ0n) is 18.2. The van der Waals surface area contributed by atoms with Gasteiger partial charge in [-0.2, -0.15) is 0 Å². The van der Waals surface area contributed by atoms with Crippen molar-refractivity contribution in [3.63, 3.8) is 0 Å². The van der Waals surface area contributed by atoms with Gasteiger partial charge in [0.2, 0.25) is 0 Å². The molecule has 2 aromatic carbocycles. The van der Waals surface area contributed by atoms with Crippen LogP contribution in [0.5, 0.6) is 0 Å². The van der Waals surface area contributed by atoms with E-state index >= 15 is 0 Å². The summed E-state index contributed by atoms with van der Waals surface area (Å²) in [7, 11) is -3.80. The molecular formula is C24H21BrN4O3S. The first-order chi connectivity index (χ1) is 15.6. The average Bonchev–Trinajstić information content (AvgIpc) is 3.35. The molecule has 0 unspecified atom stereocenters. The first kappa shape index (κ1) is 21.8. The Bertz CT molecular complexity index is 1610. The molecule has 3 heterocycles. The Balaban J connectivity index is 1.66. The van der Waals surface area contributed by atoms with Crippen LogP contribution in [0.4, 0.5) is 0 Å². The van der Waals surface area contributed by atoms with Crippen molar-refractivity contribution >= 4 is 42.6 Å². The summed E-state index contributed by atoms with van der Waals surface area (Å²) in [5.74, 6) is 0. The summed E-state index contributed by atoms with van der Waals surface area (Å²) in [4.78, 5) is 9.36. The molecule has 0 aliphatic heterocycles. The van der Waals surface area contributed by atoms with E-state index in [1.807, 2.05) is 35.6 Å². The third-order valence-electron chi connectivity index (χ3n) is 5.67. The number of rotatable bonds is 4. The quantitative estimate of drug-likeness (QED) is 0.361. The second kappa shape index (κ2) is 7.51. The Hall–Kier alpha value is -3.01. The van der Waals surface area contributed by atoms with Gasteiger partial charge in [-0.3, -0.25) is 4.40 Å². The van der Waals surface area contributed by atoms with Crippen LogP contribution in [0.15, 0.2) is 76.6 Å². The minimum absolute atomic E-state index is 0.199. The normalized spacial score (nSPS) is 12.6. The van der Waals surface area contributed by atoms with Crippen LogP contribution in [0.25, 0.3) is 27.9 Å². The number of benzene rings is 2. The summed E-state index contributed by atoms with van der Waals surface area (Å²) in [6.07, 6.45) is 3.14. The van der Waals surface area contributed by atoms with Crippen molar-refractivity contribution in [2.45, 2.75) is 31.3 Å². The predicted molar refractivity (Wildman–Crippen MR) is 131 cm³/mol. The second-order valence-electron chi connectivity index (χ2n) is 8.48. The van der Waals surface area contributed by atoms with Crippen molar-refractivity contribution < 1.29 is 13.5 Å². The molecule has 0 saturated heterocycles. The molecule has 0 saturated carbocycles. The second-order valence-corrected chi connectivity index (χ2v) is 11.0. The largest absolute Gasteiger partial charge is 0.386 e. The third-order valence-corrected chi connectivity index (χ3v) is 7.88. The lowest BCUT2D eigenvalue weighted by Crippen LogP contribution is -2.14. The Kier molecular flexibility index (Phi) is 4.97. The molecule has 168 valence electrons. The van der Waals surface area contributed by atoms with Gasteiger partial charge in [0.25, 0.3) is 10.0 Å². The first-order valence-electron chi connectivity index (χ1n) is 10.3. The van der Waals surface area contributed by atoms with Gasteiger partial charge in [0.1, 0.15) is 0 Å². The van der Waals surface area contributed by atoms with E-state index in [9.17, 15) is 13.5 Å². The number of imidazole rings is 1. The van der Waals surface area contributed by atoms with Crippen molar-refractivity contribution in [3.8, 4) is 11.3 Å². The molecule has 0 spiro atoms. The number of aromatic nitrogens is 4. The van der Waals surface area contributed by atoms with Crippen LogP contribution < -0.4 is 0 Å². The highest BCUT2D eigenvalue weighted by Crippen LogP contribution is 2.32. The lowest BCUT2D eigenvalue weighted by Gasteiger charge is -2.17. The number of fused-ring (bicyclic) bond motifs is 3. The van der Waals surface area contributed by atoms with E-state index in [1.165, 1.54) is 10.2 Å². The van der Waals surface area contributed by atoms with Gasteiger partial charge >= 0.3 is 0 Å². The molecule has 0 bridgehead atoms. The van der Waals surface area contributed by atoms with Gasteiger partial charge in [-0.05, 0) is 60.5 Å². The van der Waals surface area contributed by atoms with E-state index in [0.717, 1.165) is 22.2 Å². The summed E-state index contributed by atoms with van der Waals surface area (Å²) in [6.45, 7) is 5.38. The summed E-state index contributed by atoms with van der Waals surface area (Å²) >= 11 is 3.52. The lowest BCUT2D eigenvalue weighted by atomic mass is 9.97. The van der Waals surface area contributed by atoms with Crippen LogP contribution in [-0.4, -0.2) is 31.9 Å². The molecule has 0 aliphatic rings. The summed E-state index contributed by atoms with van der Waals surface area (Å²) in [5, 5.41) is 10.2. The van der Waals surface area contributed by atoms with E-state index in [-0.39, 0.29) is 4.90 Å². The highest BCUT2D eigenvalue weighted by Gasteiger charge is 2.23. The highest BCUT2D eigenvalue weighted by molar-refractivity contribution is 9.10. The Morgan fingerprint density at radius 3 is 2.27 bits per heavy atom. The van der Waals surface area contributed by atoms with Crippen molar-refractivity contribution in [3.05, 3.63) is 82.9 Å². The maximum atomic E-state index is 13.2. The van der Waals surface area contributed by atoms with E-state index in [4.69, 9.17) is 0 Å². The topological polar surface area (TPSA) is 89.5 Å². The Labute approximate surface area is 199 Å². The number of aliphatic hydroxyl groups is 1. The number of aryl methyl sites for hydroxylation is 1. The van der Waals surface area contributed by atoms with E-state index in [2.05, 4.69) is 25.9 Å². The monoisotopic (exact) mass is 524 g/mol. The predicted octanol–water partition coefficient (Wildman–Crippen LogP) is 4.89. The van der Waals surface area contributed by atoms with E-state index in [0.29, 0.717) is 21.6 Å². The number of hydrogen-bond acceptors (Lipinski definition) is 5. The summed E-state index contributed by atoms with van der Waals surface area (Å²) in [5.41, 5.74) is 4.06. The molecule has 5 aromatic rings. The van der Waals surface area contributed by atoms with Gasteiger partial charge < -0.3 is 5.11 Å². The fraction of sp³-hybridized carbons (Fsp3) is 0.167. The minimum atomic E-state index is -3.80. The van der Waals surface area contributed by atoms with Crippen LogP contribution in [-0.2, 0) is 15.6 Å². The Morgan fingerprint density at radius 2 is 1.64 bits per heavy atom. The molecule has 3 aromatic heterocycles. The average molecular weight is 525 g/mol. The number of hydrogen-bond donors (Lipinski definition) is 1. The summed E-state index contributed by atoms with van der Waals surface area (Å²) < 4.78 is 30.1. The molecule has 0 fully saturated rings. The van der Waals surface area contributed by atoms with Gasteiger partial charge in [-0.25, -0.2) is 22.4 Å². The molecule has 0 radical (unpaired) electrons. The molecule has 1 N–H and O–H groups in total. The zero-order chi connectivity index (χ0) is 23.5. The van der Waals surface area contributed by atoms with Crippen LogP contribution in [0.1, 0.15) is 25.0 Å². The molecule has 0 atom stereocenters. The molecular weight excluding hydrogens is 504 g/mol. The molecule has 9 heteroatoms. The van der Waals surface area contributed by atoms with E-state index in [1.54, 1.807) is 50.4 Å². The van der Waals surface area contributed by atoms with E-state index < -0.39 is 15.6 Å². The smallest absolute Gasteiger partial charge is 0.269 e. The first-order valence-corrected chi connectivity index (χ1v) is 12.5. The molecule has 33 heavy (non-hydrogen) atoms. The molecule has 0 aliphatic carbocycles. The van der Waals surface area contributed by atoms with Gasteiger partial charge in [-0.15, -0.1) is 0 Å². The van der Waals surface area contributed by atoms with Crippen molar-refractivity contribution in [1.29, 1.82) is 0 Å². The molecule has 5 rings (SSSR count). The van der Waals surface area contributed by atoms with Gasteiger partial charge in [0.05, 0.1) is 33.4 Å².